The van der Waals surface area contributed by atoms with Crippen molar-refractivity contribution >= 4 is 5.91 Å². The maximum Gasteiger partial charge on any atom is 0.227 e. The smallest absolute Gasteiger partial charge is 0.227 e. The molecule has 0 aromatic rings. The summed E-state index contributed by atoms with van der Waals surface area (Å²) in [5.41, 5.74) is 0.826. The first-order chi connectivity index (χ1) is 5.70. The summed E-state index contributed by atoms with van der Waals surface area (Å²) in [7, 11) is 1.79. The van der Waals surface area contributed by atoms with E-state index in [1.54, 1.807) is 13.2 Å². The van der Waals surface area contributed by atoms with Crippen LogP contribution in [0.1, 0.15) is 20.3 Å². The van der Waals surface area contributed by atoms with Crippen LogP contribution in [0.4, 0.5) is 0 Å². The van der Waals surface area contributed by atoms with Crippen molar-refractivity contribution in [3.8, 4) is 0 Å². The minimum absolute atomic E-state index is 0.0112. The third kappa shape index (κ3) is 5.53. The molecule has 0 bridgehead atoms. The molecule has 0 aliphatic carbocycles. The Labute approximate surface area is 73.5 Å². The first-order valence-corrected chi connectivity index (χ1v) is 3.95. The molecule has 3 nitrogen and oxygen atoms in total. The first-order valence-electron chi connectivity index (χ1n) is 3.95. The highest BCUT2D eigenvalue weighted by molar-refractivity contribution is 5.79. The van der Waals surface area contributed by atoms with Crippen LogP contribution in [0.3, 0.4) is 0 Å². The Morgan fingerprint density at radius 2 is 2.17 bits per heavy atom. The molecule has 68 valence electrons. The third-order valence-electron chi connectivity index (χ3n) is 1.24. The Kier molecular flexibility index (Phi) is 5.79. The normalized spacial score (nSPS) is 11.8. The Bertz CT molecular complexity index is 195. The van der Waals surface area contributed by atoms with E-state index in [9.17, 15) is 4.79 Å². The molecule has 3 heteroatoms. The van der Waals surface area contributed by atoms with Crippen molar-refractivity contribution in [2.24, 2.45) is 0 Å². The summed E-state index contributed by atoms with van der Waals surface area (Å²) in [6.45, 7) is 3.73. The average Bonchev–Trinajstić information content (AvgIpc) is 2.01. The van der Waals surface area contributed by atoms with Gasteiger partial charge in [0, 0.05) is 25.4 Å². The minimum Gasteiger partial charge on any atom is -0.393 e. The first kappa shape index (κ1) is 10.8. The molecule has 0 heterocycles. The summed E-state index contributed by atoms with van der Waals surface area (Å²) in [4.78, 5) is 11.1. The Morgan fingerprint density at radius 1 is 1.50 bits per heavy atom. The molecule has 0 radical (unpaired) electrons. The molecular formula is C9H16N2O. The van der Waals surface area contributed by atoms with Crippen LogP contribution < -0.4 is 10.6 Å². The van der Waals surface area contributed by atoms with Crippen LogP contribution in [0.25, 0.3) is 0 Å². The van der Waals surface area contributed by atoms with E-state index in [1.165, 1.54) is 0 Å². The van der Waals surface area contributed by atoms with Crippen molar-refractivity contribution < 1.29 is 4.79 Å². The monoisotopic (exact) mass is 168 g/mol. The van der Waals surface area contributed by atoms with Gasteiger partial charge in [-0.2, -0.15) is 0 Å². The molecule has 0 aromatic heterocycles. The molecule has 0 rings (SSSR count). The van der Waals surface area contributed by atoms with Gasteiger partial charge in [0.25, 0.3) is 0 Å². The van der Waals surface area contributed by atoms with Gasteiger partial charge in [-0.15, -0.1) is 0 Å². The van der Waals surface area contributed by atoms with Crippen LogP contribution in [0, 0.1) is 0 Å². The molecular weight excluding hydrogens is 152 g/mol. The van der Waals surface area contributed by atoms with Gasteiger partial charge < -0.3 is 10.6 Å². The highest BCUT2D eigenvalue weighted by Crippen LogP contribution is 1.87. The number of allylic oxidation sites excluding steroid dienone is 2. The van der Waals surface area contributed by atoms with Crippen LogP contribution in [0.2, 0.25) is 0 Å². The van der Waals surface area contributed by atoms with Crippen LogP contribution in [-0.2, 0) is 4.79 Å². The second kappa shape index (κ2) is 6.46. The second-order valence-corrected chi connectivity index (χ2v) is 2.44. The number of amides is 1. The van der Waals surface area contributed by atoms with Gasteiger partial charge >= 0.3 is 0 Å². The SMILES string of the molecule is C/C=C\CC(=O)N/C(C)=C\NC. The van der Waals surface area contributed by atoms with Crippen molar-refractivity contribution in [2.75, 3.05) is 7.05 Å². The van der Waals surface area contributed by atoms with Gasteiger partial charge in [0.15, 0.2) is 0 Å². The maximum atomic E-state index is 11.1. The van der Waals surface area contributed by atoms with Crippen LogP contribution in [0.15, 0.2) is 24.0 Å². The van der Waals surface area contributed by atoms with E-state index >= 15 is 0 Å². The quantitative estimate of drug-likeness (QED) is 0.618. The van der Waals surface area contributed by atoms with Crippen LogP contribution in [0.5, 0.6) is 0 Å². The molecule has 0 saturated carbocycles. The molecule has 0 fully saturated rings. The molecule has 0 unspecified atom stereocenters. The summed E-state index contributed by atoms with van der Waals surface area (Å²) in [6.07, 6.45) is 5.86. The van der Waals surface area contributed by atoms with Gasteiger partial charge in [-0.05, 0) is 13.8 Å². The van der Waals surface area contributed by atoms with Gasteiger partial charge in [0.2, 0.25) is 5.91 Å². The Morgan fingerprint density at radius 3 is 2.67 bits per heavy atom. The number of nitrogens with one attached hydrogen (secondary N) is 2. The zero-order chi connectivity index (χ0) is 9.40. The number of hydrogen-bond donors (Lipinski definition) is 2. The van der Waals surface area contributed by atoms with E-state index in [-0.39, 0.29) is 5.91 Å². The van der Waals surface area contributed by atoms with E-state index in [4.69, 9.17) is 0 Å². The maximum absolute atomic E-state index is 11.1. The lowest BCUT2D eigenvalue weighted by atomic mass is 10.3. The molecule has 0 aliphatic rings. The minimum atomic E-state index is 0.0112. The second-order valence-electron chi connectivity index (χ2n) is 2.44. The van der Waals surface area contributed by atoms with E-state index in [0.717, 1.165) is 5.70 Å². The standard InChI is InChI=1S/C9H16N2O/c1-4-5-6-9(12)11-8(2)7-10-3/h4-5,7,10H,6H2,1-3H3,(H,11,12)/b5-4-,8-7-. The van der Waals surface area contributed by atoms with Gasteiger partial charge in [0.1, 0.15) is 0 Å². The van der Waals surface area contributed by atoms with E-state index < -0.39 is 0 Å². The number of carbonyl (C=O) groups excluding carboxylic acids is 1. The summed E-state index contributed by atoms with van der Waals surface area (Å²) in [5, 5.41) is 5.56. The van der Waals surface area contributed by atoms with E-state index in [1.807, 2.05) is 26.0 Å². The van der Waals surface area contributed by atoms with Crippen molar-refractivity contribution in [2.45, 2.75) is 20.3 Å². The van der Waals surface area contributed by atoms with Crippen LogP contribution >= 0.6 is 0 Å². The highest BCUT2D eigenvalue weighted by atomic mass is 16.1. The van der Waals surface area contributed by atoms with E-state index in [0.29, 0.717) is 6.42 Å². The Hall–Kier alpha value is -1.25. The molecule has 0 aromatic carbocycles. The van der Waals surface area contributed by atoms with Crippen molar-refractivity contribution in [3.05, 3.63) is 24.0 Å². The summed E-state index contributed by atoms with van der Waals surface area (Å²) in [5.74, 6) is 0.0112. The molecule has 0 saturated heterocycles. The van der Waals surface area contributed by atoms with Crippen molar-refractivity contribution in [1.82, 2.24) is 10.6 Å². The number of hydrogen-bond acceptors (Lipinski definition) is 2. The highest BCUT2D eigenvalue weighted by Gasteiger charge is 1.96. The van der Waals surface area contributed by atoms with Gasteiger partial charge in [-0.1, -0.05) is 12.2 Å². The van der Waals surface area contributed by atoms with Crippen molar-refractivity contribution in [1.29, 1.82) is 0 Å². The van der Waals surface area contributed by atoms with E-state index in [2.05, 4.69) is 10.6 Å². The fraction of sp³-hybridized carbons (Fsp3) is 0.444. The average molecular weight is 168 g/mol. The van der Waals surface area contributed by atoms with Gasteiger partial charge in [-0.3, -0.25) is 4.79 Å². The van der Waals surface area contributed by atoms with Crippen molar-refractivity contribution in [3.63, 3.8) is 0 Å². The fourth-order valence-corrected chi connectivity index (χ4v) is 0.748. The predicted octanol–water partition coefficient (Wildman–Crippen LogP) is 1.15. The molecule has 0 spiro atoms. The zero-order valence-electron chi connectivity index (χ0n) is 7.85. The summed E-state index contributed by atoms with van der Waals surface area (Å²) in [6, 6.07) is 0. The molecule has 0 aliphatic heterocycles. The predicted molar refractivity (Wildman–Crippen MR) is 50.4 cm³/mol. The largest absolute Gasteiger partial charge is 0.393 e. The zero-order valence-corrected chi connectivity index (χ0v) is 7.85. The molecule has 1 amide bonds. The summed E-state index contributed by atoms with van der Waals surface area (Å²) < 4.78 is 0. The van der Waals surface area contributed by atoms with Gasteiger partial charge in [-0.25, -0.2) is 0 Å². The lowest BCUT2D eigenvalue weighted by Gasteiger charge is -2.02. The number of carbonyl (C=O) groups is 1. The molecule has 0 atom stereocenters. The molecule has 2 N–H and O–H groups in total. The lowest BCUT2D eigenvalue weighted by Crippen LogP contribution is -2.21. The van der Waals surface area contributed by atoms with Gasteiger partial charge in [0.05, 0.1) is 0 Å². The lowest BCUT2D eigenvalue weighted by molar-refractivity contribution is -0.119. The molecule has 12 heavy (non-hydrogen) atoms. The third-order valence-corrected chi connectivity index (χ3v) is 1.24. The number of rotatable bonds is 4. The summed E-state index contributed by atoms with van der Waals surface area (Å²) >= 11 is 0. The fourth-order valence-electron chi connectivity index (χ4n) is 0.748. The van der Waals surface area contributed by atoms with Crippen LogP contribution in [-0.4, -0.2) is 13.0 Å². The topological polar surface area (TPSA) is 41.1 Å². The Balaban J connectivity index is 3.76.